The molecule has 0 fully saturated rings. The molecule has 3 aromatic heterocycles. The van der Waals surface area contributed by atoms with Gasteiger partial charge in [-0.15, -0.1) is 0 Å². The molecular weight excluding hydrogens is 392 g/mol. The SMILES string of the molecule is COc1c(CCNc2ncnc3[nH]cnc23)cc(Cl)c(C)c1-c1c(C)noc1C. The molecule has 1 aromatic carbocycles. The van der Waals surface area contributed by atoms with Crippen molar-refractivity contribution in [2.24, 2.45) is 0 Å². The summed E-state index contributed by atoms with van der Waals surface area (Å²) in [6.45, 7) is 6.40. The third-order valence-electron chi connectivity index (χ3n) is 4.94. The first kappa shape index (κ1) is 19.2. The Morgan fingerprint density at radius 3 is 2.72 bits per heavy atom. The third-order valence-corrected chi connectivity index (χ3v) is 5.34. The van der Waals surface area contributed by atoms with Crippen molar-refractivity contribution in [3.63, 3.8) is 0 Å². The summed E-state index contributed by atoms with van der Waals surface area (Å²) in [5.74, 6) is 2.19. The second-order valence-corrected chi connectivity index (χ2v) is 7.16. The quantitative estimate of drug-likeness (QED) is 0.488. The Labute approximate surface area is 172 Å². The van der Waals surface area contributed by atoms with Gasteiger partial charge < -0.3 is 19.6 Å². The summed E-state index contributed by atoms with van der Waals surface area (Å²) in [7, 11) is 1.67. The van der Waals surface area contributed by atoms with Crippen LogP contribution in [0, 0.1) is 20.8 Å². The van der Waals surface area contributed by atoms with Crippen LogP contribution in [-0.2, 0) is 6.42 Å². The van der Waals surface area contributed by atoms with Crippen LogP contribution >= 0.6 is 11.6 Å². The van der Waals surface area contributed by atoms with Gasteiger partial charge >= 0.3 is 0 Å². The number of aryl methyl sites for hydroxylation is 2. The van der Waals surface area contributed by atoms with Crippen molar-refractivity contribution in [3.05, 3.63) is 46.3 Å². The van der Waals surface area contributed by atoms with Gasteiger partial charge in [0, 0.05) is 17.1 Å². The van der Waals surface area contributed by atoms with Crippen molar-refractivity contribution >= 4 is 28.6 Å². The Hall–Kier alpha value is -3.13. The van der Waals surface area contributed by atoms with E-state index in [1.165, 1.54) is 6.33 Å². The lowest BCUT2D eigenvalue weighted by Gasteiger charge is -2.18. The molecule has 0 unspecified atom stereocenters. The highest BCUT2D eigenvalue weighted by molar-refractivity contribution is 6.32. The molecule has 0 radical (unpaired) electrons. The van der Waals surface area contributed by atoms with Crippen LogP contribution in [-0.4, -0.2) is 38.7 Å². The molecule has 0 aliphatic heterocycles. The highest BCUT2D eigenvalue weighted by Crippen LogP contribution is 2.42. The lowest BCUT2D eigenvalue weighted by Crippen LogP contribution is -2.09. The van der Waals surface area contributed by atoms with Crippen LogP contribution < -0.4 is 10.1 Å². The van der Waals surface area contributed by atoms with Gasteiger partial charge in [-0.1, -0.05) is 16.8 Å². The predicted molar refractivity (Wildman–Crippen MR) is 112 cm³/mol. The number of H-pyrrole nitrogens is 1. The normalized spacial score (nSPS) is 11.2. The van der Waals surface area contributed by atoms with Gasteiger partial charge in [0.05, 0.1) is 24.7 Å². The largest absolute Gasteiger partial charge is 0.496 e. The van der Waals surface area contributed by atoms with E-state index in [1.807, 2.05) is 26.8 Å². The van der Waals surface area contributed by atoms with Crippen molar-refractivity contribution in [2.45, 2.75) is 27.2 Å². The molecule has 9 heteroatoms. The Kier molecular flexibility index (Phi) is 5.10. The standard InChI is InChI=1S/C20H21ClN6O2/c1-10-14(21)7-13(18(28-4)15(10)16-11(2)27-29-12(16)3)5-6-22-19-17-20(24-8-23-17)26-9-25-19/h7-9H,5-6H2,1-4H3,(H2,22,23,24,25,26). The number of ether oxygens (including phenoxy) is 1. The van der Waals surface area contributed by atoms with E-state index in [4.69, 9.17) is 20.9 Å². The molecule has 0 bridgehead atoms. The Morgan fingerprint density at radius 1 is 1.17 bits per heavy atom. The average Bonchev–Trinajstić information content (AvgIpc) is 3.31. The lowest BCUT2D eigenvalue weighted by atomic mass is 9.94. The smallest absolute Gasteiger partial charge is 0.162 e. The number of nitrogens with zero attached hydrogens (tertiary/aromatic N) is 4. The van der Waals surface area contributed by atoms with Crippen LogP contribution in [0.3, 0.4) is 0 Å². The number of aromatic nitrogens is 5. The molecule has 8 nitrogen and oxygen atoms in total. The fourth-order valence-electron chi connectivity index (χ4n) is 3.55. The van der Waals surface area contributed by atoms with E-state index in [0.717, 1.165) is 39.5 Å². The predicted octanol–water partition coefficient (Wildman–Crippen LogP) is 4.25. The number of halogens is 1. The number of benzene rings is 1. The van der Waals surface area contributed by atoms with Gasteiger partial charge in [0.25, 0.3) is 0 Å². The van der Waals surface area contributed by atoms with Crippen LogP contribution in [0.15, 0.2) is 23.2 Å². The molecule has 0 atom stereocenters. The molecule has 0 amide bonds. The Bertz CT molecular complexity index is 1160. The van der Waals surface area contributed by atoms with Gasteiger partial charge in [0.1, 0.15) is 23.4 Å². The summed E-state index contributed by atoms with van der Waals surface area (Å²) in [6.07, 6.45) is 3.78. The van der Waals surface area contributed by atoms with Gasteiger partial charge in [0.15, 0.2) is 11.5 Å². The molecule has 0 saturated heterocycles. The average molecular weight is 413 g/mol. The lowest BCUT2D eigenvalue weighted by molar-refractivity contribution is 0.393. The van der Waals surface area contributed by atoms with Crippen LogP contribution in [0.1, 0.15) is 22.6 Å². The first-order valence-electron chi connectivity index (χ1n) is 9.18. The molecule has 0 saturated carbocycles. The summed E-state index contributed by atoms with van der Waals surface area (Å²) in [5.41, 5.74) is 5.96. The summed E-state index contributed by atoms with van der Waals surface area (Å²) in [5, 5.41) is 8.08. The molecule has 4 aromatic rings. The summed E-state index contributed by atoms with van der Waals surface area (Å²) < 4.78 is 11.2. The monoisotopic (exact) mass is 412 g/mol. The van der Waals surface area contributed by atoms with Gasteiger partial charge in [0.2, 0.25) is 0 Å². The van der Waals surface area contributed by atoms with E-state index >= 15 is 0 Å². The first-order valence-corrected chi connectivity index (χ1v) is 9.56. The molecule has 0 aliphatic rings. The molecule has 4 rings (SSSR count). The number of methoxy groups -OCH3 is 1. The van der Waals surface area contributed by atoms with E-state index in [9.17, 15) is 0 Å². The highest BCUT2D eigenvalue weighted by Gasteiger charge is 2.22. The third kappa shape index (κ3) is 3.40. The summed E-state index contributed by atoms with van der Waals surface area (Å²) in [6, 6.07) is 1.95. The van der Waals surface area contributed by atoms with Gasteiger partial charge in [-0.05, 0) is 44.4 Å². The molecule has 0 spiro atoms. The minimum atomic E-state index is 0.621. The van der Waals surface area contributed by atoms with Gasteiger partial charge in [-0.3, -0.25) is 0 Å². The zero-order valence-corrected chi connectivity index (χ0v) is 17.4. The van der Waals surface area contributed by atoms with Crippen molar-refractivity contribution in [1.29, 1.82) is 0 Å². The number of imidazole rings is 1. The summed E-state index contributed by atoms with van der Waals surface area (Å²) >= 11 is 6.57. The van der Waals surface area contributed by atoms with E-state index < -0.39 is 0 Å². The molecule has 29 heavy (non-hydrogen) atoms. The van der Waals surface area contributed by atoms with Crippen molar-refractivity contribution in [2.75, 3.05) is 19.0 Å². The molecular formula is C20H21ClN6O2. The van der Waals surface area contributed by atoms with E-state index in [-0.39, 0.29) is 0 Å². The van der Waals surface area contributed by atoms with E-state index in [1.54, 1.807) is 13.4 Å². The number of fused-ring (bicyclic) bond motifs is 1. The molecule has 0 aliphatic carbocycles. The number of anilines is 1. The maximum atomic E-state index is 6.57. The van der Waals surface area contributed by atoms with Crippen LogP contribution in [0.4, 0.5) is 5.82 Å². The fraction of sp³-hybridized carbons (Fsp3) is 0.300. The molecule has 150 valence electrons. The molecule has 2 N–H and O–H groups in total. The minimum Gasteiger partial charge on any atom is -0.496 e. The van der Waals surface area contributed by atoms with Crippen molar-refractivity contribution in [3.8, 4) is 16.9 Å². The fourth-order valence-corrected chi connectivity index (χ4v) is 3.77. The second kappa shape index (κ2) is 7.71. The topological polar surface area (TPSA) is 102 Å². The maximum Gasteiger partial charge on any atom is 0.162 e. The Balaban J connectivity index is 1.66. The van der Waals surface area contributed by atoms with E-state index in [2.05, 4.69) is 30.4 Å². The van der Waals surface area contributed by atoms with Crippen LogP contribution in [0.2, 0.25) is 5.02 Å². The Morgan fingerprint density at radius 2 is 2.00 bits per heavy atom. The van der Waals surface area contributed by atoms with Crippen molar-refractivity contribution in [1.82, 2.24) is 25.1 Å². The number of hydrogen-bond acceptors (Lipinski definition) is 7. The molecule has 3 heterocycles. The zero-order chi connectivity index (χ0) is 20.5. The highest BCUT2D eigenvalue weighted by atomic mass is 35.5. The second-order valence-electron chi connectivity index (χ2n) is 6.75. The van der Waals surface area contributed by atoms with Crippen LogP contribution in [0.25, 0.3) is 22.3 Å². The summed E-state index contributed by atoms with van der Waals surface area (Å²) in [4.78, 5) is 15.7. The van der Waals surface area contributed by atoms with E-state index in [0.29, 0.717) is 35.0 Å². The van der Waals surface area contributed by atoms with Gasteiger partial charge in [-0.25, -0.2) is 15.0 Å². The number of hydrogen-bond donors (Lipinski definition) is 2. The number of nitrogens with one attached hydrogen (secondary N) is 2. The van der Waals surface area contributed by atoms with Gasteiger partial charge in [-0.2, -0.15) is 0 Å². The number of rotatable bonds is 6. The minimum absolute atomic E-state index is 0.621. The zero-order valence-electron chi connectivity index (χ0n) is 16.6. The maximum absolute atomic E-state index is 6.57. The van der Waals surface area contributed by atoms with Crippen LogP contribution in [0.5, 0.6) is 5.75 Å². The van der Waals surface area contributed by atoms with Crippen molar-refractivity contribution < 1.29 is 9.26 Å². The first-order chi connectivity index (χ1) is 14.0. The number of aromatic amines is 1.